The van der Waals surface area contributed by atoms with Gasteiger partial charge in [-0.3, -0.25) is 19.9 Å². The summed E-state index contributed by atoms with van der Waals surface area (Å²) in [6.45, 7) is 0.590. The Kier molecular flexibility index (Phi) is 5.12. The number of carbonyl (C=O) groups excluding carboxylic acids is 1. The number of nitrogens with zero attached hydrogens (tertiary/aromatic N) is 4. The number of nitro benzene ring substituents is 1. The fraction of sp³-hybridized carbons (Fsp3) is 0.250. The molecule has 2 aromatic heterocycles. The summed E-state index contributed by atoms with van der Waals surface area (Å²) < 4.78 is 0. The molecule has 0 radical (unpaired) electrons. The predicted molar refractivity (Wildman–Crippen MR) is 107 cm³/mol. The molecule has 1 aliphatic rings. The Hall–Kier alpha value is -3.13. The largest absolute Gasteiger partial charge is 0.312 e. The van der Waals surface area contributed by atoms with Crippen LogP contribution in [-0.2, 0) is 17.6 Å². The SMILES string of the molecule is O=C(CCc1csc(-c2ccncc2)n1)N1CCCc2ccc([N+](=O)[O-])cc21. The molecule has 0 bridgehead atoms. The van der Waals surface area contributed by atoms with Gasteiger partial charge in [-0.1, -0.05) is 6.07 Å². The quantitative estimate of drug-likeness (QED) is 0.481. The lowest BCUT2D eigenvalue weighted by Crippen LogP contribution is -2.35. The molecule has 0 unspecified atom stereocenters. The van der Waals surface area contributed by atoms with Crippen molar-refractivity contribution in [1.82, 2.24) is 9.97 Å². The Balaban J connectivity index is 1.46. The number of nitro groups is 1. The molecular weight excluding hydrogens is 376 g/mol. The number of hydrogen-bond acceptors (Lipinski definition) is 6. The highest BCUT2D eigenvalue weighted by atomic mass is 32.1. The summed E-state index contributed by atoms with van der Waals surface area (Å²) in [4.78, 5) is 33.8. The summed E-state index contributed by atoms with van der Waals surface area (Å²) in [5, 5.41) is 14.0. The Bertz CT molecular complexity index is 1020. The number of aryl methyl sites for hydroxylation is 2. The van der Waals surface area contributed by atoms with Crippen molar-refractivity contribution in [2.75, 3.05) is 11.4 Å². The maximum atomic E-state index is 12.8. The van der Waals surface area contributed by atoms with Gasteiger partial charge < -0.3 is 4.90 Å². The van der Waals surface area contributed by atoms with E-state index in [2.05, 4.69) is 9.97 Å². The van der Waals surface area contributed by atoms with Crippen LogP contribution in [0.3, 0.4) is 0 Å². The first-order valence-corrected chi connectivity index (χ1v) is 9.92. The van der Waals surface area contributed by atoms with Crippen LogP contribution in [0.5, 0.6) is 0 Å². The number of benzene rings is 1. The van der Waals surface area contributed by atoms with Crippen LogP contribution in [-0.4, -0.2) is 27.3 Å². The van der Waals surface area contributed by atoms with Gasteiger partial charge in [0.25, 0.3) is 5.69 Å². The second kappa shape index (κ2) is 7.85. The monoisotopic (exact) mass is 394 g/mol. The Morgan fingerprint density at radius 1 is 1.25 bits per heavy atom. The van der Waals surface area contributed by atoms with Gasteiger partial charge >= 0.3 is 0 Å². The second-order valence-corrected chi connectivity index (χ2v) is 7.46. The lowest BCUT2D eigenvalue weighted by Gasteiger charge is -2.29. The molecule has 3 heterocycles. The van der Waals surface area contributed by atoms with Crippen LogP contribution < -0.4 is 4.90 Å². The van der Waals surface area contributed by atoms with E-state index in [0.29, 0.717) is 25.1 Å². The van der Waals surface area contributed by atoms with Crippen LogP contribution >= 0.6 is 11.3 Å². The number of thiazole rings is 1. The third-order valence-corrected chi connectivity index (χ3v) is 5.71. The van der Waals surface area contributed by atoms with Gasteiger partial charge in [0.15, 0.2) is 0 Å². The summed E-state index contributed by atoms with van der Waals surface area (Å²) in [6.07, 6.45) is 6.01. The normalized spacial score (nSPS) is 13.2. The van der Waals surface area contributed by atoms with Gasteiger partial charge in [-0.25, -0.2) is 4.98 Å². The summed E-state index contributed by atoms with van der Waals surface area (Å²) >= 11 is 1.54. The van der Waals surface area contributed by atoms with Gasteiger partial charge in [0.1, 0.15) is 5.01 Å². The number of non-ortho nitro benzene ring substituents is 1. The topological polar surface area (TPSA) is 89.2 Å². The van der Waals surface area contributed by atoms with Crippen molar-refractivity contribution in [1.29, 1.82) is 0 Å². The molecule has 28 heavy (non-hydrogen) atoms. The molecule has 7 nitrogen and oxygen atoms in total. The fourth-order valence-corrected chi connectivity index (χ4v) is 4.21. The van der Waals surface area contributed by atoms with E-state index in [9.17, 15) is 14.9 Å². The lowest BCUT2D eigenvalue weighted by molar-refractivity contribution is -0.384. The molecule has 1 aliphatic heterocycles. The van der Waals surface area contributed by atoms with E-state index >= 15 is 0 Å². The molecule has 3 aromatic rings. The molecule has 0 N–H and O–H groups in total. The van der Waals surface area contributed by atoms with Crippen LogP contribution in [0, 0.1) is 10.1 Å². The molecule has 0 atom stereocenters. The summed E-state index contributed by atoms with van der Waals surface area (Å²) in [6, 6.07) is 8.59. The standard InChI is InChI=1S/C20H18N4O3S/c25-19(6-4-16-13-28-20(22-16)15-7-9-21-10-8-15)23-11-1-2-14-3-5-17(24(26)27)12-18(14)23/h3,5,7-10,12-13H,1-2,4,6,11H2. The van der Waals surface area contributed by atoms with E-state index in [1.54, 1.807) is 34.7 Å². The minimum Gasteiger partial charge on any atom is -0.312 e. The zero-order valence-electron chi connectivity index (χ0n) is 15.1. The van der Waals surface area contributed by atoms with E-state index in [1.165, 1.54) is 12.1 Å². The van der Waals surface area contributed by atoms with Crippen molar-refractivity contribution in [3.8, 4) is 10.6 Å². The summed E-state index contributed by atoms with van der Waals surface area (Å²) in [5.41, 5.74) is 3.55. The molecule has 0 aliphatic carbocycles. The lowest BCUT2D eigenvalue weighted by atomic mass is 10.0. The number of carbonyl (C=O) groups is 1. The van der Waals surface area contributed by atoms with Crippen LogP contribution in [0.1, 0.15) is 24.1 Å². The van der Waals surface area contributed by atoms with Crippen molar-refractivity contribution in [2.24, 2.45) is 0 Å². The second-order valence-electron chi connectivity index (χ2n) is 6.60. The Morgan fingerprint density at radius 2 is 2.07 bits per heavy atom. The van der Waals surface area contributed by atoms with Gasteiger partial charge in [-0.05, 0) is 37.0 Å². The number of hydrogen-bond donors (Lipinski definition) is 0. The van der Waals surface area contributed by atoms with Gasteiger partial charge in [0, 0.05) is 48.4 Å². The number of fused-ring (bicyclic) bond motifs is 1. The van der Waals surface area contributed by atoms with Crippen LogP contribution in [0.25, 0.3) is 10.6 Å². The molecule has 0 saturated carbocycles. The van der Waals surface area contributed by atoms with Crippen molar-refractivity contribution >= 4 is 28.6 Å². The number of rotatable bonds is 5. The zero-order valence-corrected chi connectivity index (χ0v) is 15.9. The van der Waals surface area contributed by atoms with Gasteiger partial charge in [-0.15, -0.1) is 11.3 Å². The van der Waals surface area contributed by atoms with Crippen LogP contribution in [0.2, 0.25) is 0 Å². The predicted octanol–water partition coefficient (Wildman–Crippen LogP) is 4.03. The Morgan fingerprint density at radius 3 is 2.86 bits per heavy atom. The van der Waals surface area contributed by atoms with E-state index < -0.39 is 4.92 Å². The molecule has 0 fully saturated rings. The highest BCUT2D eigenvalue weighted by Gasteiger charge is 2.24. The van der Waals surface area contributed by atoms with E-state index in [0.717, 1.165) is 34.7 Å². The first kappa shape index (κ1) is 18.2. The first-order valence-electron chi connectivity index (χ1n) is 9.04. The van der Waals surface area contributed by atoms with Gasteiger partial charge in [0.05, 0.1) is 16.3 Å². The van der Waals surface area contributed by atoms with Gasteiger partial charge in [-0.2, -0.15) is 0 Å². The van der Waals surface area contributed by atoms with Crippen LogP contribution in [0.15, 0.2) is 48.1 Å². The van der Waals surface area contributed by atoms with Crippen molar-refractivity contribution in [3.63, 3.8) is 0 Å². The molecule has 4 rings (SSSR count). The average Bonchev–Trinajstić information content (AvgIpc) is 3.21. The molecule has 1 amide bonds. The number of anilines is 1. The number of aromatic nitrogens is 2. The fourth-order valence-electron chi connectivity index (χ4n) is 3.35. The maximum absolute atomic E-state index is 12.8. The Labute approximate surface area is 165 Å². The zero-order chi connectivity index (χ0) is 19.5. The molecule has 0 saturated heterocycles. The first-order chi connectivity index (χ1) is 13.6. The third-order valence-electron chi connectivity index (χ3n) is 4.77. The molecule has 8 heteroatoms. The highest BCUT2D eigenvalue weighted by Crippen LogP contribution is 2.31. The minimum atomic E-state index is -0.423. The minimum absolute atomic E-state index is 0.0138. The van der Waals surface area contributed by atoms with Crippen molar-refractivity contribution in [3.05, 3.63) is 69.5 Å². The van der Waals surface area contributed by atoms with E-state index in [4.69, 9.17) is 0 Å². The van der Waals surface area contributed by atoms with Crippen molar-refractivity contribution in [2.45, 2.75) is 25.7 Å². The molecule has 142 valence electrons. The summed E-state index contributed by atoms with van der Waals surface area (Å²) in [5.74, 6) is -0.0279. The highest BCUT2D eigenvalue weighted by molar-refractivity contribution is 7.13. The number of amides is 1. The number of pyridine rings is 1. The van der Waals surface area contributed by atoms with Crippen molar-refractivity contribution < 1.29 is 9.72 Å². The van der Waals surface area contributed by atoms with Crippen LogP contribution in [0.4, 0.5) is 11.4 Å². The van der Waals surface area contributed by atoms with Gasteiger partial charge in [0.2, 0.25) is 5.91 Å². The van der Waals surface area contributed by atoms with E-state index in [-0.39, 0.29) is 11.6 Å². The summed E-state index contributed by atoms with van der Waals surface area (Å²) in [7, 11) is 0. The smallest absolute Gasteiger partial charge is 0.271 e. The molecule has 1 aromatic carbocycles. The third kappa shape index (κ3) is 3.77. The average molecular weight is 394 g/mol. The molecule has 0 spiro atoms. The van der Waals surface area contributed by atoms with E-state index in [1.807, 2.05) is 17.5 Å². The molecular formula is C20H18N4O3S. The maximum Gasteiger partial charge on any atom is 0.271 e.